The highest BCUT2D eigenvalue weighted by atomic mass is 16.6. The number of carbonyl (C=O) groups excluding carboxylic acids is 3. The van der Waals surface area contributed by atoms with Crippen molar-refractivity contribution in [3.05, 3.63) is 24.3 Å². The van der Waals surface area contributed by atoms with Gasteiger partial charge >= 0.3 is 6.09 Å². The van der Waals surface area contributed by atoms with Crippen LogP contribution in [-0.2, 0) is 14.3 Å². The Morgan fingerprint density at radius 2 is 1.70 bits per heavy atom. The van der Waals surface area contributed by atoms with E-state index in [9.17, 15) is 14.4 Å². The molecule has 8 nitrogen and oxygen atoms in total. The van der Waals surface area contributed by atoms with E-state index in [-0.39, 0.29) is 17.9 Å². The molecular weight excluding hydrogens is 350 g/mol. The molecule has 2 heterocycles. The molecule has 0 radical (unpaired) electrons. The van der Waals surface area contributed by atoms with Crippen molar-refractivity contribution in [1.29, 1.82) is 0 Å². The van der Waals surface area contributed by atoms with Crippen molar-refractivity contribution in [3.63, 3.8) is 0 Å². The summed E-state index contributed by atoms with van der Waals surface area (Å²) in [5, 5.41) is 0. The zero-order valence-corrected chi connectivity index (χ0v) is 15.7. The summed E-state index contributed by atoms with van der Waals surface area (Å²) in [4.78, 5) is 42.1. The summed E-state index contributed by atoms with van der Waals surface area (Å²) >= 11 is 0. The smallest absolute Gasteiger partial charge is 0.409 e. The van der Waals surface area contributed by atoms with Crippen LogP contribution in [0.15, 0.2) is 24.3 Å². The van der Waals surface area contributed by atoms with Gasteiger partial charge in [0.05, 0.1) is 13.7 Å². The summed E-state index contributed by atoms with van der Waals surface area (Å²) in [6.45, 7) is 3.86. The van der Waals surface area contributed by atoms with Crippen molar-refractivity contribution in [3.8, 4) is 5.75 Å². The van der Waals surface area contributed by atoms with Crippen LogP contribution in [0.25, 0.3) is 0 Å². The average molecular weight is 375 g/mol. The van der Waals surface area contributed by atoms with Gasteiger partial charge in [-0.05, 0) is 37.6 Å². The molecular formula is C19H25N3O5. The lowest BCUT2D eigenvalue weighted by atomic mass is 10.1. The van der Waals surface area contributed by atoms with Crippen molar-refractivity contribution in [2.45, 2.75) is 25.8 Å². The van der Waals surface area contributed by atoms with Crippen LogP contribution in [0.5, 0.6) is 5.75 Å². The van der Waals surface area contributed by atoms with Crippen molar-refractivity contribution in [2.24, 2.45) is 0 Å². The quantitative estimate of drug-likeness (QED) is 0.797. The number of hydrogen-bond donors (Lipinski definition) is 0. The minimum atomic E-state index is -0.500. The van der Waals surface area contributed by atoms with Crippen molar-refractivity contribution < 1.29 is 23.9 Å². The zero-order chi connectivity index (χ0) is 19.4. The minimum Gasteiger partial charge on any atom is -0.497 e. The van der Waals surface area contributed by atoms with E-state index in [1.165, 1.54) is 0 Å². The third-order valence-electron chi connectivity index (χ3n) is 4.97. The van der Waals surface area contributed by atoms with Crippen LogP contribution in [0.3, 0.4) is 0 Å². The molecule has 3 rings (SSSR count). The largest absolute Gasteiger partial charge is 0.497 e. The number of benzene rings is 1. The number of ether oxygens (including phenoxy) is 2. The van der Waals surface area contributed by atoms with E-state index < -0.39 is 6.04 Å². The molecule has 1 aromatic carbocycles. The van der Waals surface area contributed by atoms with Crippen molar-refractivity contribution in [2.75, 3.05) is 44.8 Å². The van der Waals surface area contributed by atoms with E-state index in [1.54, 1.807) is 53.0 Å². The first-order chi connectivity index (χ1) is 13.0. The number of nitrogens with zero attached hydrogens (tertiary/aromatic N) is 3. The highest BCUT2D eigenvalue weighted by Crippen LogP contribution is 2.29. The molecule has 1 unspecified atom stereocenters. The van der Waals surface area contributed by atoms with Crippen molar-refractivity contribution >= 4 is 23.6 Å². The first-order valence-electron chi connectivity index (χ1n) is 9.21. The van der Waals surface area contributed by atoms with Gasteiger partial charge in [-0.3, -0.25) is 14.5 Å². The van der Waals surface area contributed by atoms with Crippen LogP contribution < -0.4 is 9.64 Å². The molecule has 2 saturated heterocycles. The van der Waals surface area contributed by atoms with Gasteiger partial charge in [0.15, 0.2) is 0 Å². The maximum Gasteiger partial charge on any atom is 0.409 e. The number of carbonyl (C=O) groups is 3. The van der Waals surface area contributed by atoms with E-state index in [0.29, 0.717) is 57.1 Å². The molecule has 2 aliphatic rings. The third kappa shape index (κ3) is 3.99. The normalized spacial score (nSPS) is 20.0. The van der Waals surface area contributed by atoms with Gasteiger partial charge in [-0.2, -0.15) is 0 Å². The Morgan fingerprint density at radius 3 is 2.30 bits per heavy atom. The van der Waals surface area contributed by atoms with E-state index in [1.807, 2.05) is 0 Å². The summed E-state index contributed by atoms with van der Waals surface area (Å²) in [7, 11) is 1.58. The highest BCUT2D eigenvalue weighted by molar-refractivity contribution is 6.03. The van der Waals surface area contributed by atoms with Crippen LogP contribution in [0.4, 0.5) is 10.5 Å². The van der Waals surface area contributed by atoms with Crippen LogP contribution in [0.2, 0.25) is 0 Å². The predicted molar refractivity (Wildman–Crippen MR) is 98.7 cm³/mol. The van der Waals surface area contributed by atoms with Gasteiger partial charge in [0.1, 0.15) is 11.8 Å². The van der Waals surface area contributed by atoms with E-state index >= 15 is 0 Å². The first-order valence-corrected chi connectivity index (χ1v) is 9.21. The van der Waals surface area contributed by atoms with Crippen molar-refractivity contribution in [1.82, 2.24) is 9.80 Å². The lowest BCUT2D eigenvalue weighted by Gasteiger charge is -2.36. The fourth-order valence-corrected chi connectivity index (χ4v) is 3.52. The number of amides is 3. The Hall–Kier alpha value is -2.77. The summed E-state index contributed by atoms with van der Waals surface area (Å²) in [5.41, 5.74) is 0.696. The van der Waals surface area contributed by atoms with E-state index in [4.69, 9.17) is 9.47 Å². The van der Waals surface area contributed by atoms with Crippen LogP contribution in [0, 0.1) is 0 Å². The highest BCUT2D eigenvalue weighted by Gasteiger charge is 2.40. The maximum absolute atomic E-state index is 13.0. The molecule has 1 atom stereocenters. The molecule has 3 amide bonds. The topological polar surface area (TPSA) is 79.4 Å². The molecule has 8 heteroatoms. The standard InChI is InChI=1S/C19H25N3O5/c1-3-27-19(25)21-12-10-20(11-13-21)18(24)16-8-9-17(23)22(16)14-4-6-15(26-2)7-5-14/h4-7,16H,3,8-13H2,1-2H3. The number of hydrogen-bond acceptors (Lipinski definition) is 5. The van der Waals surface area contributed by atoms with E-state index in [0.717, 1.165) is 0 Å². The molecule has 0 aromatic heterocycles. The number of rotatable bonds is 4. The Labute approximate surface area is 158 Å². The van der Waals surface area contributed by atoms with Gasteiger partial charge in [0, 0.05) is 38.3 Å². The molecule has 0 bridgehead atoms. The Morgan fingerprint density at radius 1 is 1.07 bits per heavy atom. The van der Waals surface area contributed by atoms with Gasteiger partial charge in [0.2, 0.25) is 11.8 Å². The molecule has 146 valence electrons. The summed E-state index contributed by atoms with van der Waals surface area (Å²) in [6.07, 6.45) is 0.507. The summed E-state index contributed by atoms with van der Waals surface area (Å²) < 4.78 is 10.2. The Balaban J connectivity index is 1.66. The molecule has 27 heavy (non-hydrogen) atoms. The zero-order valence-electron chi connectivity index (χ0n) is 15.7. The second-order valence-electron chi connectivity index (χ2n) is 6.53. The van der Waals surface area contributed by atoms with Gasteiger partial charge in [-0.25, -0.2) is 4.79 Å². The SMILES string of the molecule is CCOC(=O)N1CCN(C(=O)C2CCC(=O)N2c2ccc(OC)cc2)CC1. The second kappa shape index (κ2) is 8.28. The molecule has 0 spiro atoms. The maximum atomic E-state index is 13.0. The molecule has 2 fully saturated rings. The van der Waals surface area contributed by atoms with Gasteiger partial charge in [0.25, 0.3) is 0 Å². The lowest BCUT2D eigenvalue weighted by molar-refractivity contribution is -0.134. The first kappa shape index (κ1) is 19.0. The van der Waals surface area contributed by atoms with Crippen LogP contribution in [0.1, 0.15) is 19.8 Å². The fourth-order valence-electron chi connectivity index (χ4n) is 3.52. The van der Waals surface area contributed by atoms with Crippen LogP contribution in [-0.4, -0.2) is 73.6 Å². The Kier molecular flexibility index (Phi) is 5.83. The predicted octanol–water partition coefficient (Wildman–Crippen LogP) is 1.49. The van der Waals surface area contributed by atoms with Gasteiger partial charge in [-0.15, -0.1) is 0 Å². The molecule has 2 aliphatic heterocycles. The second-order valence-corrected chi connectivity index (χ2v) is 6.53. The fraction of sp³-hybridized carbons (Fsp3) is 0.526. The lowest BCUT2D eigenvalue weighted by Crippen LogP contribution is -2.55. The van der Waals surface area contributed by atoms with Gasteiger partial charge < -0.3 is 19.3 Å². The van der Waals surface area contributed by atoms with Crippen LogP contribution >= 0.6 is 0 Å². The monoisotopic (exact) mass is 375 g/mol. The third-order valence-corrected chi connectivity index (χ3v) is 4.97. The average Bonchev–Trinajstić information content (AvgIpc) is 3.09. The van der Waals surface area contributed by atoms with Gasteiger partial charge in [-0.1, -0.05) is 0 Å². The number of methoxy groups -OCH3 is 1. The molecule has 0 aliphatic carbocycles. The molecule has 0 saturated carbocycles. The summed E-state index contributed by atoms with van der Waals surface area (Å²) in [5.74, 6) is 0.576. The number of piperazine rings is 1. The van der Waals surface area contributed by atoms with E-state index in [2.05, 4.69) is 0 Å². The minimum absolute atomic E-state index is 0.0522. The Bertz CT molecular complexity index is 698. The molecule has 1 aromatic rings. The molecule has 0 N–H and O–H groups in total. The number of anilines is 1. The summed E-state index contributed by atoms with van der Waals surface area (Å²) in [6, 6.07) is 6.64.